The van der Waals surface area contributed by atoms with E-state index < -0.39 is 18.4 Å². The lowest BCUT2D eigenvalue weighted by Gasteiger charge is -2.14. The van der Waals surface area contributed by atoms with Crippen LogP contribution in [0.25, 0.3) is 0 Å². The third kappa shape index (κ3) is 2.53. The summed E-state index contributed by atoms with van der Waals surface area (Å²) >= 11 is 0. The molecule has 0 N–H and O–H groups in total. The average molecular weight is 252 g/mol. The van der Waals surface area contributed by atoms with Crippen LogP contribution in [0, 0.1) is 5.92 Å². The van der Waals surface area contributed by atoms with E-state index in [0.29, 0.717) is 12.0 Å². The minimum absolute atomic E-state index is 0.187. The smallest absolute Gasteiger partial charge is 0.340 e. The highest BCUT2D eigenvalue weighted by Crippen LogP contribution is 2.32. The van der Waals surface area contributed by atoms with E-state index in [-0.39, 0.29) is 12.0 Å². The van der Waals surface area contributed by atoms with E-state index in [1.807, 2.05) is 6.92 Å². The molecule has 18 heavy (non-hydrogen) atoms. The zero-order valence-electron chi connectivity index (χ0n) is 10.5. The fourth-order valence-corrected chi connectivity index (χ4v) is 2.13. The van der Waals surface area contributed by atoms with Gasteiger partial charge in [-0.3, -0.25) is 0 Å². The molecule has 0 spiro atoms. The van der Waals surface area contributed by atoms with Crippen LogP contribution in [0.15, 0.2) is 30.3 Å². The van der Waals surface area contributed by atoms with Crippen LogP contribution in [0.5, 0.6) is 0 Å². The first kappa shape index (κ1) is 13.0. The standard InChI is InChI=1S/C14H17FO3/c1-3-11-9(2)12(15)14(17-11)18-13(16)10-7-5-4-6-8-10/h4-9,11-12,14H,3H2,1-2H3/t9-,11?,12+,14?/m1/s1. The number of alkyl halides is 1. The summed E-state index contributed by atoms with van der Waals surface area (Å²) in [4.78, 5) is 11.8. The summed E-state index contributed by atoms with van der Waals surface area (Å²) in [5.41, 5.74) is 0.404. The van der Waals surface area contributed by atoms with E-state index in [0.717, 1.165) is 0 Å². The van der Waals surface area contributed by atoms with Crippen molar-refractivity contribution < 1.29 is 18.7 Å². The topological polar surface area (TPSA) is 35.5 Å². The van der Waals surface area contributed by atoms with Crippen molar-refractivity contribution in [3.05, 3.63) is 35.9 Å². The predicted octanol–water partition coefficient (Wildman–Crippen LogP) is 2.95. The molecule has 1 heterocycles. The number of carbonyl (C=O) groups excluding carboxylic acids is 1. The van der Waals surface area contributed by atoms with Crippen LogP contribution in [-0.4, -0.2) is 24.5 Å². The molecule has 1 aromatic carbocycles. The van der Waals surface area contributed by atoms with E-state index in [9.17, 15) is 9.18 Å². The van der Waals surface area contributed by atoms with E-state index in [1.54, 1.807) is 37.3 Å². The molecular formula is C14H17FO3. The fraction of sp³-hybridized carbons (Fsp3) is 0.500. The van der Waals surface area contributed by atoms with Gasteiger partial charge >= 0.3 is 5.97 Å². The van der Waals surface area contributed by atoms with Gasteiger partial charge in [0.15, 0.2) is 6.17 Å². The summed E-state index contributed by atoms with van der Waals surface area (Å²) in [6.45, 7) is 3.70. The molecule has 2 rings (SSSR count). The molecule has 0 amide bonds. The maximum atomic E-state index is 13.9. The van der Waals surface area contributed by atoms with Gasteiger partial charge < -0.3 is 9.47 Å². The van der Waals surface area contributed by atoms with Crippen LogP contribution in [0.1, 0.15) is 30.6 Å². The number of rotatable bonds is 3. The third-order valence-electron chi connectivity index (χ3n) is 3.29. The van der Waals surface area contributed by atoms with Crippen molar-refractivity contribution in [2.24, 2.45) is 5.92 Å². The maximum Gasteiger partial charge on any atom is 0.340 e. The van der Waals surface area contributed by atoms with Gasteiger partial charge in [-0.2, -0.15) is 0 Å². The number of benzene rings is 1. The highest BCUT2D eigenvalue weighted by molar-refractivity contribution is 5.89. The number of ether oxygens (including phenoxy) is 2. The molecule has 98 valence electrons. The van der Waals surface area contributed by atoms with Crippen LogP contribution in [0.3, 0.4) is 0 Å². The fourth-order valence-electron chi connectivity index (χ4n) is 2.13. The molecule has 4 heteroatoms. The zero-order valence-corrected chi connectivity index (χ0v) is 10.5. The van der Waals surface area contributed by atoms with E-state index in [2.05, 4.69) is 0 Å². The van der Waals surface area contributed by atoms with Crippen molar-refractivity contribution >= 4 is 5.97 Å². The summed E-state index contributed by atoms with van der Waals surface area (Å²) in [6.07, 6.45) is -1.82. The lowest BCUT2D eigenvalue weighted by atomic mass is 10.0. The van der Waals surface area contributed by atoms with Gasteiger partial charge in [0.2, 0.25) is 6.29 Å². The van der Waals surface area contributed by atoms with Crippen LogP contribution < -0.4 is 0 Å². The largest absolute Gasteiger partial charge is 0.429 e. The average Bonchev–Trinajstić information content (AvgIpc) is 2.67. The quantitative estimate of drug-likeness (QED) is 0.776. The molecular weight excluding hydrogens is 235 g/mol. The van der Waals surface area contributed by atoms with E-state index in [1.165, 1.54) is 0 Å². The Kier molecular flexibility index (Phi) is 3.97. The van der Waals surface area contributed by atoms with Gasteiger partial charge in [-0.1, -0.05) is 32.0 Å². The van der Waals surface area contributed by atoms with Gasteiger partial charge in [0.1, 0.15) is 0 Å². The highest BCUT2D eigenvalue weighted by atomic mass is 19.1. The SMILES string of the molecule is CCC1OC(OC(=O)c2ccccc2)[C@@H](F)[C@@H]1C. The van der Waals surface area contributed by atoms with Crippen molar-refractivity contribution in [2.75, 3.05) is 0 Å². The van der Waals surface area contributed by atoms with E-state index >= 15 is 0 Å². The number of hydrogen-bond donors (Lipinski definition) is 0. The molecule has 3 nitrogen and oxygen atoms in total. The van der Waals surface area contributed by atoms with Gasteiger partial charge in [-0.25, -0.2) is 9.18 Å². The Hall–Kier alpha value is -1.42. The Balaban J connectivity index is 2.00. The Morgan fingerprint density at radius 2 is 2.06 bits per heavy atom. The summed E-state index contributed by atoms with van der Waals surface area (Å²) in [5, 5.41) is 0. The molecule has 1 aliphatic rings. The molecule has 1 fully saturated rings. The van der Waals surface area contributed by atoms with Gasteiger partial charge in [0.05, 0.1) is 11.7 Å². The van der Waals surface area contributed by atoms with Crippen LogP contribution >= 0.6 is 0 Å². The first-order chi connectivity index (χ1) is 8.63. The molecule has 0 bridgehead atoms. The van der Waals surface area contributed by atoms with Crippen LogP contribution in [-0.2, 0) is 9.47 Å². The van der Waals surface area contributed by atoms with Gasteiger partial charge in [-0.15, -0.1) is 0 Å². The summed E-state index contributed by atoms with van der Waals surface area (Å²) < 4.78 is 24.4. The predicted molar refractivity (Wildman–Crippen MR) is 64.9 cm³/mol. The zero-order chi connectivity index (χ0) is 13.1. The summed E-state index contributed by atoms with van der Waals surface area (Å²) in [7, 11) is 0. The second-order valence-electron chi connectivity index (χ2n) is 4.53. The Labute approximate surface area is 106 Å². The molecule has 1 aromatic rings. The number of esters is 1. The molecule has 0 aliphatic carbocycles. The van der Waals surface area contributed by atoms with Crippen molar-refractivity contribution in [3.8, 4) is 0 Å². The Bertz CT molecular complexity index is 407. The Morgan fingerprint density at radius 1 is 1.39 bits per heavy atom. The van der Waals surface area contributed by atoms with Crippen LogP contribution in [0.2, 0.25) is 0 Å². The Morgan fingerprint density at radius 3 is 2.61 bits per heavy atom. The molecule has 0 radical (unpaired) electrons. The van der Waals surface area contributed by atoms with E-state index in [4.69, 9.17) is 9.47 Å². The molecule has 4 atom stereocenters. The highest BCUT2D eigenvalue weighted by Gasteiger charge is 2.43. The monoisotopic (exact) mass is 252 g/mol. The van der Waals surface area contributed by atoms with Crippen molar-refractivity contribution in [1.82, 2.24) is 0 Å². The minimum Gasteiger partial charge on any atom is -0.429 e. The van der Waals surface area contributed by atoms with Gasteiger partial charge in [0, 0.05) is 5.92 Å². The number of carbonyl (C=O) groups is 1. The van der Waals surface area contributed by atoms with Crippen molar-refractivity contribution in [3.63, 3.8) is 0 Å². The number of hydrogen-bond acceptors (Lipinski definition) is 3. The van der Waals surface area contributed by atoms with Gasteiger partial charge in [0.25, 0.3) is 0 Å². The molecule has 0 aromatic heterocycles. The molecule has 1 saturated heterocycles. The molecule has 0 saturated carbocycles. The second kappa shape index (κ2) is 5.48. The van der Waals surface area contributed by atoms with Crippen molar-refractivity contribution in [1.29, 1.82) is 0 Å². The lowest BCUT2D eigenvalue weighted by molar-refractivity contribution is -0.121. The summed E-state index contributed by atoms with van der Waals surface area (Å²) in [5.74, 6) is -0.796. The maximum absolute atomic E-state index is 13.9. The van der Waals surface area contributed by atoms with Gasteiger partial charge in [-0.05, 0) is 18.6 Å². The first-order valence-electron chi connectivity index (χ1n) is 6.19. The second-order valence-corrected chi connectivity index (χ2v) is 4.53. The number of halogens is 1. The third-order valence-corrected chi connectivity index (χ3v) is 3.29. The normalized spacial score (nSPS) is 31.3. The van der Waals surface area contributed by atoms with Crippen molar-refractivity contribution in [2.45, 2.75) is 38.8 Å². The first-order valence-corrected chi connectivity index (χ1v) is 6.19. The molecule has 1 aliphatic heterocycles. The van der Waals surface area contributed by atoms with Crippen LogP contribution in [0.4, 0.5) is 4.39 Å². The molecule has 2 unspecified atom stereocenters. The summed E-state index contributed by atoms with van der Waals surface area (Å²) in [6, 6.07) is 8.53. The minimum atomic E-state index is -1.26. The lowest BCUT2D eigenvalue weighted by Crippen LogP contribution is -2.26.